The minimum Gasteiger partial charge on any atom is -0.481 e. The maximum absolute atomic E-state index is 10.6. The van der Waals surface area contributed by atoms with Gasteiger partial charge < -0.3 is 19.9 Å². The highest BCUT2D eigenvalue weighted by Crippen LogP contribution is 2.04. The Morgan fingerprint density at radius 1 is 1.47 bits per heavy atom. The first-order valence-corrected chi connectivity index (χ1v) is 4.91. The van der Waals surface area contributed by atoms with Crippen molar-refractivity contribution >= 4 is 5.97 Å². The first kappa shape index (κ1) is 14.3. The third kappa shape index (κ3) is 9.65. The second-order valence-electron chi connectivity index (χ2n) is 4.47. The van der Waals surface area contributed by atoms with Crippen LogP contribution in [0.4, 0.5) is 0 Å². The Labute approximate surface area is 90.8 Å². The van der Waals surface area contributed by atoms with E-state index in [0.717, 1.165) is 0 Å². The molecule has 0 aromatic carbocycles. The molecule has 0 aliphatic carbocycles. The number of carboxylic acids is 1. The normalized spacial score (nSPS) is 13.9. The molecular weight excluding hydrogens is 198 g/mol. The smallest absolute Gasteiger partial charge is 0.305 e. The average molecular weight is 219 g/mol. The van der Waals surface area contributed by atoms with Crippen molar-refractivity contribution in [2.24, 2.45) is 0 Å². The van der Waals surface area contributed by atoms with Crippen molar-refractivity contribution in [1.29, 1.82) is 0 Å². The first-order valence-electron chi connectivity index (χ1n) is 4.91. The van der Waals surface area contributed by atoms with Crippen LogP contribution in [-0.4, -0.2) is 43.2 Å². The topological polar surface area (TPSA) is 67.8 Å². The third-order valence-corrected chi connectivity index (χ3v) is 1.58. The van der Waals surface area contributed by atoms with Gasteiger partial charge in [0, 0.05) is 18.7 Å². The zero-order valence-corrected chi connectivity index (χ0v) is 9.87. The van der Waals surface area contributed by atoms with E-state index in [9.17, 15) is 4.79 Å². The molecule has 5 heteroatoms. The number of ether oxygens (including phenoxy) is 2. The highest BCUT2D eigenvalue weighted by molar-refractivity contribution is 5.67. The highest BCUT2D eigenvalue weighted by Gasteiger charge is 2.19. The predicted molar refractivity (Wildman–Crippen MR) is 56.8 cm³/mol. The van der Waals surface area contributed by atoms with Crippen molar-refractivity contribution in [3.8, 4) is 0 Å². The molecule has 15 heavy (non-hydrogen) atoms. The van der Waals surface area contributed by atoms with Crippen molar-refractivity contribution in [2.75, 3.05) is 20.5 Å². The van der Waals surface area contributed by atoms with E-state index in [0.29, 0.717) is 6.61 Å². The fraction of sp³-hybridized carbons (Fsp3) is 0.900. The van der Waals surface area contributed by atoms with Crippen molar-refractivity contribution in [2.45, 2.75) is 38.8 Å². The molecule has 1 unspecified atom stereocenters. The monoisotopic (exact) mass is 219 g/mol. The lowest BCUT2D eigenvalue weighted by Gasteiger charge is -2.27. The number of hydrogen-bond donors (Lipinski definition) is 2. The number of carboxylic acid groups (broad SMARTS) is 1. The van der Waals surface area contributed by atoms with E-state index in [1.54, 1.807) is 0 Å². The molecule has 0 rings (SSSR count). The van der Waals surface area contributed by atoms with Crippen LogP contribution in [0, 0.1) is 0 Å². The first-order chi connectivity index (χ1) is 6.85. The van der Waals surface area contributed by atoms with Crippen LogP contribution < -0.4 is 5.32 Å². The van der Waals surface area contributed by atoms with E-state index in [4.69, 9.17) is 14.6 Å². The molecule has 0 radical (unpaired) electrons. The van der Waals surface area contributed by atoms with Gasteiger partial charge in [-0.15, -0.1) is 0 Å². The van der Waals surface area contributed by atoms with Crippen molar-refractivity contribution < 1.29 is 19.4 Å². The molecule has 1 atom stereocenters. The second-order valence-corrected chi connectivity index (χ2v) is 4.47. The molecule has 0 aliphatic heterocycles. The maximum Gasteiger partial charge on any atom is 0.305 e. The minimum atomic E-state index is -0.835. The van der Waals surface area contributed by atoms with Gasteiger partial charge in [0.25, 0.3) is 0 Å². The Hall–Kier alpha value is -0.650. The Kier molecular flexibility index (Phi) is 6.47. The summed E-state index contributed by atoms with van der Waals surface area (Å²) in [6.07, 6.45) is 0.0426. The van der Waals surface area contributed by atoms with E-state index in [-0.39, 0.29) is 24.8 Å². The number of hydrogen-bond acceptors (Lipinski definition) is 4. The van der Waals surface area contributed by atoms with E-state index in [2.05, 4.69) is 5.32 Å². The zero-order chi connectivity index (χ0) is 11.9. The molecule has 0 aromatic heterocycles. The van der Waals surface area contributed by atoms with Crippen LogP contribution in [0.5, 0.6) is 0 Å². The van der Waals surface area contributed by atoms with Gasteiger partial charge in [0.1, 0.15) is 6.79 Å². The molecule has 5 nitrogen and oxygen atoms in total. The summed E-state index contributed by atoms with van der Waals surface area (Å²) in [5.41, 5.74) is -0.128. The van der Waals surface area contributed by atoms with Crippen LogP contribution in [0.15, 0.2) is 0 Å². The second kappa shape index (κ2) is 6.76. The lowest BCUT2D eigenvalue weighted by molar-refractivity contribution is -0.138. The van der Waals surface area contributed by atoms with E-state index < -0.39 is 5.97 Å². The fourth-order valence-electron chi connectivity index (χ4n) is 1.25. The largest absolute Gasteiger partial charge is 0.481 e. The summed E-state index contributed by atoms with van der Waals surface area (Å²) >= 11 is 0. The average Bonchev–Trinajstić information content (AvgIpc) is 2.00. The van der Waals surface area contributed by atoms with Crippen molar-refractivity contribution in [1.82, 2.24) is 5.32 Å². The van der Waals surface area contributed by atoms with Gasteiger partial charge in [0.15, 0.2) is 0 Å². The Morgan fingerprint density at radius 3 is 2.47 bits per heavy atom. The molecule has 0 heterocycles. The van der Waals surface area contributed by atoms with Gasteiger partial charge in [-0.2, -0.15) is 0 Å². The molecule has 0 amide bonds. The van der Waals surface area contributed by atoms with Crippen LogP contribution in [0.25, 0.3) is 0 Å². The lowest BCUT2D eigenvalue weighted by Crippen LogP contribution is -2.47. The van der Waals surface area contributed by atoms with Crippen molar-refractivity contribution in [3.05, 3.63) is 0 Å². The Balaban J connectivity index is 4.01. The summed E-state index contributed by atoms with van der Waals surface area (Å²) in [4.78, 5) is 10.6. The van der Waals surface area contributed by atoms with Gasteiger partial charge in [-0.25, -0.2) is 0 Å². The summed E-state index contributed by atoms with van der Waals surface area (Å²) in [6, 6.07) is -0.197. The molecule has 90 valence electrons. The number of rotatable bonds is 7. The Morgan fingerprint density at radius 2 is 2.07 bits per heavy atom. The number of methoxy groups -OCH3 is 1. The third-order valence-electron chi connectivity index (χ3n) is 1.58. The van der Waals surface area contributed by atoms with Gasteiger partial charge in [0.2, 0.25) is 0 Å². The summed E-state index contributed by atoms with van der Waals surface area (Å²) in [7, 11) is 1.53. The van der Waals surface area contributed by atoms with Crippen LogP contribution in [0.2, 0.25) is 0 Å². The summed E-state index contributed by atoms with van der Waals surface area (Å²) in [5.74, 6) is -0.835. The van der Waals surface area contributed by atoms with E-state index >= 15 is 0 Å². The van der Waals surface area contributed by atoms with Gasteiger partial charge >= 0.3 is 5.97 Å². The molecule has 0 saturated heterocycles. The SMILES string of the molecule is COCOCC(CC(=O)O)NC(C)(C)C. The zero-order valence-electron chi connectivity index (χ0n) is 9.87. The molecule has 0 spiro atoms. The minimum absolute atomic E-state index is 0.0426. The quantitative estimate of drug-likeness (QED) is 0.490. The lowest BCUT2D eigenvalue weighted by atomic mass is 10.1. The highest BCUT2D eigenvalue weighted by atomic mass is 16.7. The summed E-state index contributed by atoms with van der Waals surface area (Å²) < 4.78 is 9.87. The molecule has 0 aromatic rings. The fourth-order valence-corrected chi connectivity index (χ4v) is 1.25. The van der Waals surface area contributed by atoms with E-state index in [1.807, 2.05) is 20.8 Å². The number of carbonyl (C=O) groups is 1. The molecule has 0 aliphatic rings. The van der Waals surface area contributed by atoms with Gasteiger partial charge in [-0.3, -0.25) is 4.79 Å². The van der Waals surface area contributed by atoms with E-state index in [1.165, 1.54) is 7.11 Å². The molecule has 0 bridgehead atoms. The standard InChI is InChI=1S/C10H21NO4/c1-10(2,3)11-8(5-9(12)13)6-15-7-14-4/h8,11H,5-7H2,1-4H3,(H,12,13). The molecule has 2 N–H and O–H groups in total. The maximum atomic E-state index is 10.6. The molecular formula is C10H21NO4. The molecule has 0 saturated carbocycles. The van der Waals surface area contributed by atoms with Crippen molar-refractivity contribution in [3.63, 3.8) is 0 Å². The van der Waals surface area contributed by atoms with Gasteiger partial charge in [-0.05, 0) is 20.8 Å². The van der Waals surface area contributed by atoms with Gasteiger partial charge in [0.05, 0.1) is 13.0 Å². The van der Waals surface area contributed by atoms with Crippen LogP contribution in [0.1, 0.15) is 27.2 Å². The number of nitrogens with one attached hydrogen (secondary N) is 1. The Bertz CT molecular complexity index is 188. The molecule has 0 fully saturated rings. The van der Waals surface area contributed by atoms with Crippen LogP contribution in [-0.2, 0) is 14.3 Å². The van der Waals surface area contributed by atoms with Crippen LogP contribution in [0.3, 0.4) is 0 Å². The van der Waals surface area contributed by atoms with Gasteiger partial charge in [-0.1, -0.05) is 0 Å². The summed E-state index contributed by atoms with van der Waals surface area (Å²) in [6.45, 7) is 6.47. The predicted octanol–water partition coefficient (Wildman–Crippen LogP) is 0.838. The summed E-state index contributed by atoms with van der Waals surface area (Å²) in [5, 5.41) is 11.9. The van der Waals surface area contributed by atoms with Crippen LogP contribution >= 0.6 is 0 Å². The number of aliphatic carboxylic acids is 1.